The fourth-order valence-electron chi connectivity index (χ4n) is 3.32. The minimum absolute atomic E-state index is 0.686. The van der Waals surface area contributed by atoms with Gasteiger partial charge in [-0.15, -0.1) is 0 Å². The summed E-state index contributed by atoms with van der Waals surface area (Å²) in [5.41, 5.74) is 4.17. The summed E-state index contributed by atoms with van der Waals surface area (Å²) in [7, 11) is 0. The lowest BCUT2D eigenvalue weighted by atomic mass is 9.88. The van der Waals surface area contributed by atoms with Gasteiger partial charge in [0.2, 0.25) is 0 Å². The molecule has 3 rings (SSSR count). The van der Waals surface area contributed by atoms with Gasteiger partial charge in [0.05, 0.1) is 0 Å². The molecule has 1 saturated heterocycles. The van der Waals surface area contributed by atoms with Crippen molar-refractivity contribution in [2.75, 3.05) is 13.1 Å². The van der Waals surface area contributed by atoms with E-state index in [4.69, 9.17) is 0 Å². The van der Waals surface area contributed by atoms with Crippen LogP contribution in [0.1, 0.15) is 43.7 Å². The van der Waals surface area contributed by atoms with E-state index in [-0.39, 0.29) is 0 Å². The van der Waals surface area contributed by atoms with Crippen LogP contribution in [0.25, 0.3) is 10.9 Å². The molecule has 0 spiro atoms. The first-order valence-corrected chi connectivity index (χ1v) is 7.47. The van der Waals surface area contributed by atoms with Gasteiger partial charge in [0, 0.05) is 23.1 Å². The van der Waals surface area contributed by atoms with Crippen molar-refractivity contribution in [3.63, 3.8) is 0 Å². The highest BCUT2D eigenvalue weighted by Gasteiger charge is 2.23. The Labute approximate surface area is 115 Å². The second-order valence-corrected chi connectivity index (χ2v) is 6.20. The van der Waals surface area contributed by atoms with E-state index in [1.807, 2.05) is 0 Å². The molecule has 1 N–H and O–H groups in total. The third-order valence-corrected chi connectivity index (χ3v) is 4.57. The quantitative estimate of drug-likeness (QED) is 0.858. The third-order valence-electron chi connectivity index (χ3n) is 4.57. The van der Waals surface area contributed by atoms with Gasteiger partial charge in [-0.25, -0.2) is 0 Å². The number of H-pyrrole nitrogens is 1. The molecule has 0 amide bonds. The van der Waals surface area contributed by atoms with E-state index < -0.39 is 0 Å². The minimum atomic E-state index is 0.686. The summed E-state index contributed by atoms with van der Waals surface area (Å²) in [6, 6.07) is 7.41. The highest BCUT2D eigenvalue weighted by Crippen LogP contribution is 2.33. The van der Waals surface area contributed by atoms with Crippen LogP contribution in [0.4, 0.5) is 0 Å². The Morgan fingerprint density at radius 3 is 2.63 bits per heavy atom. The molecule has 2 nitrogen and oxygen atoms in total. The first-order chi connectivity index (χ1) is 9.15. The monoisotopic (exact) mass is 256 g/mol. The third kappa shape index (κ3) is 2.42. The molecule has 1 aromatic carbocycles. The lowest BCUT2D eigenvalue weighted by Crippen LogP contribution is -2.37. The van der Waals surface area contributed by atoms with Gasteiger partial charge in [-0.05, 0) is 70.3 Å². The molecule has 102 valence electrons. The van der Waals surface area contributed by atoms with Crippen LogP contribution < -0.4 is 0 Å². The molecule has 2 aromatic rings. The summed E-state index contributed by atoms with van der Waals surface area (Å²) in [5, 5.41) is 1.43. The first-order valence-electron chi connectivity index (χ1n) is 7.47. The summed E-state index contributed by atoms with van der Waals surface area (Å²) in [4.78, 5) is 6.03. The maximum absolute atomic E-state index is 3.43. The van der Waals surface area contributed by atoms with Crippen molar-refractivity contribution in [2.24, 2.45) is 0 Å². The van der Waals surface area contributed by atoms with Gasteiger partial charge in [-0.2, -0.15) is 0 Å². The van der Waals surface area contributed by atoms with Crippen LogP contribution in [0, 0.1) is 6.92 Å². The number of aromatic nitrogens is 1. The zero-order chi connectivity index (χ0) is 13.4. The van der Waals surface area contributed by atoms with Gasteiger partial charge in [-0.1, -0.05) is 11.6 Å². The average Bonchev–Trinajstić information content (AvgIpc) is 2.81. The number of nitrogens with zero attached hydrogens (tertiary/aromatic N) is 1. The van der Waals surface area contributed by atoms with Crippen LogP contribution in [0.15, 0.2) is 24.4 Å². The molecule has 1 aliphatic heterocycles. The van der Waals surface area contributed by atoms with E-state index in [0.29, 0.717) is 6.04 Å². The van der Waals surface area contributed by atoms with Crippen LogP contribution >= 0.6 is 0 Å². The highest BCUT2D eigenvalue weighted by atomic mass is 15.1. The number of hydrogen-bond acceptors (Lipinski definition) is 1. The van der Waals surface area contributed by atoms with Gasteiger partial charge in [0.15, 0.2) is 0 Å². The van der Waals surface area contributed by atoms with E-state index in [0.717, 1.165) is 5.92 Å². The second-order valence-electron chi connectivity index (χ2n) is 6.20. The van der Waals surface area contributed by atoms with Crippen molar-refractivity contribution < 1.29 is 0 Å². The van der Waals surface area contributed by atoms with Crippen LogP contribution in [0.2, 0.25) is 0 Å². The second kappa shape index (κ2) is 5.01. The molecule has 19 heavy (non-hydrogen) atoms. The van der Waals surface area contributed by atoms with Gasteiger partial charge in [-0.3, -0.25) is 0 Å². The van der Waals surface area contributed by atoms with Gasteiger partial charge in [0.1, 0.15) is 0 Å². The average molecular weight is 256 g/mol. The SMILES string of the molecule is Cc1ccc2[nH]cc(C3CCN(C(C)C)CC3)c2c1. The van der Waals surface area contributed by atoms with E-state index in [2.05, 4.69) is 55.1 Å². The Bertz CT molecular complexity index is 560. The molecule has 2 heterocycles. The molecule has 1 fully saturated rings. The van der Waals surface area contributed by atoms with Gasteiger partial charge in [0.25, 0.3) is 0 Å². The molecule has 1 aromatic heterocycles. The minimum Gasteiger partial charge on any atom is -0.361 e. The molecule has 1 aliphatic rings. The number of aromatic amines is 1. The normalized spacial score (nSPS) is 18.5. The largest absolute Gasteiger partial charge is 0.361 e. The molecule has 0 atom stereocenters. The lowest BCUT2D eigenvalue weighted by Gasteiger charge is -2.34. The van der Waals surface area contributed by atoms with E-state index in [1.165, 1.54) is 48.0 Å². The summed E-state index contributed by atoms with van der Waals surface area (Å²) in [5.74, 6) is 0.727. The standard InChI is InChI=1S/C17H24N2/c1-12(2)19-8-6-14(7-9-19)16-11-18-17-5-4-13(3)10-15(16)17/h4-5,10-12,14,18H,6-9H2,1-3H3. The Balaban J connectivity index is 1.84. The van der Waals surface area contributed by atoms with Gasteiger partial charge >= 0.3 is 0 Å². The smallest absolute Gasteiger partial charge is 0.0457 e. The van der Waals surface area contributed by atoms with Crippen LogP contribution in [-0.4, -0.2) is 29.0 Å². The van der Waals surface area contributed by atoms with Crippen molar-refractivity contribution in [1.82, 2.24) is 9.88 Å². The molecule has 2 heteroatoms. The van der Waals surface area contributed by atoms with E-state index in [9.17, 15) is 0 Å². The van der Waals surface area contributed by atoms with Crippen molar-refractivity contribution in [3.8, 4) is 0 Å². The molecule has 0 saturated carbocycles. The van der Waals surface area contributed by atoms with Crippen molar-refractivity contribution in [3.05, 3.63) is 35.5 Å². The Morgan fingerprint density at radius 2 is 1.95 bits per heavy atom. The van der Waals surface area contributed by atoms with Crippen LogP contribution in [-0.2, 0) is 0 Å². The Hall–Kier alpha value is -1.28. The number of aryl methyl sites for hydroxylation is 1. The predicted octanol–water partition coefficient (Wildman–Crippen LogP) is 4.06. The first kappa shape index (κ1) is 12.7. The molecular weight excluding hydrogens is 232 g/mol. The molecule has 0 unspecified atom stereocenters. The van der Waals surface area contributed by atoms with Crippen LogP contribution in [0.5, 0.6) is 0 Å². The number of hydrogen-bond donors (Lipinski definition) is 1. The highest BCUT2D eigenvalue weighted by molar-refractivity contribution is 5.84. The summed E-state index contributed by atoms with van der Waals surface area (Å²) in [6.45, 7) is 9.25. The van der Waals surface area contributed by atoms with Crippen molar-refractivity contribution >= 4 is 10.9 Å². The number of benzene rings is 1. The molecule has 0 aliphatic carbocycles. The molecule has 0 bridgehead atoms. The topological polar surface area (TPSA) is 19.0 Å². The number of nitrogens with one attached hydrogen (secondary N) is 1. The number of piperidine rings is 1. The van der Waals surface area contributed by atoms with Crippen molar-refractivity contribution in [2.45, 2.75) is 45.6 Å². The van der Waals surface area contributed by atoms with Gasteiger partial charge < -0.3 is 9.88 Å². The molecular formula is C17H24N2. The zero-order valence-corrected chi connectivity index (χ0v) is 12.2. The summed E-state index contributed by atoms with van der Waals surface area (Å²) >= 11 is 0. The maximum Gasteiger partial charge on any atom is 0.0457 e. The van der Waals surface area contributed by atoms with Crippen molar-refractivity contribution in [1.29, 1.82) is 0 Å². The number of likely N-dealkylation sites (tertiary alicyclic amines) is 1. The Kier molecular flexibility index (Phi) is 3.36. The fraction of sp³-hybridized carbons (Fsp3) is 0.529. The number of fused-ring (bicyclic) bond motifs is 1. The molecule has 0 radical (unpaired) electrons. The lowest BCUT2D eigenvalue weighted by molar-refractivity contribution is 0.172. The predicted molar refractivity (Wildman–Crippen MR) is 81.7 cm³/mol. The van der Waals surface area contributed by atoms with E-state index >= 15 is 0 Å². The summed E-state index contributed by atoms with van der Waals surface area (Å²) < 4.78 is 0. The number of rotatable bonds is 2. The summed E-state index contributed by atoms with van der Waals surface area (Å²) in [6.07, 6.45) is 4.82. The van der Waals surface area contributed by atoms with Crippen LogP contribution in [0.3, 0.4) is 0 Å². The Morgan fingerprint density at radius 1 is 1.21 bits per heavy atom. The van der Waals surface area contributed by atoms with E-state index in [1.54, 1.807) is 0 Å². The fourth-order valence-corrected chi connectivity index (χ4v) is 3.32. The zero-order valence-electron chi connectivity index (χ0n) is 12.2. The maximum atomic E-state index is 3.43.